The highest BCUT2D eigenvalue weighted by Gasteiger charge is 2.25. The van der Waals surface area contributed by atoms with Crippen LogP contribution >= 0.6 is 0 Å². The summed E-state index contributed by atoms with van der Waals surface area (Å²) in [5.41, 5.74) is 0.744. The number of piperidine rings is 1. The average molecular weight is 307 g/mol. The zero-order valence-electron chi connectivity index (χ0n) is 14.5. The van der Waals surface area contributed by atoms with Crippen molar-refractivity contribution in [2.45, 2.75) is 59.5 Å². The summed E-state index contributed by atoms with van der Waals surface area (Å²) < 4.78 is 1.86. The molecule has 1 amide bonds. The monoisotopic (exact) mass is 307 g/mol. The zero-order valence-corrected chi connectivity index (χ0v) is 14.5. The number of nitrogens with zero attached hydrogens (tertiary/aromatic N) is 4. The predicted octanol–water partition coefficient (Wildman–Crippen LogP) is 2.10. The van der Waals surface area contributed by atoms with Crippen LogP contribution in [0.3, 0.4) is 0 Å². The van der Waals surface area contributed by atoms with Crippen molar-refractivity contribution >= 4 is 5.91 Å². The average Bonchev–Trinajstić information content (AvgIpc) is 2.86. The van der Waals surface area contributed by atoms with Crippen molar-refractivity contribution in [3.05, 3.63) is 11.9 Å². The third kappa shape index (κ3) is 4.80. The molecule has 124 valence electrons. The number of nitrogens with one attached hydrogen (secondary N) is 1. The van der Waals surface area contributed by atoms with Gasteiger partial charge in [0, 0.05) is 25.7 Å². The van der Waals surface area contributed by atoms with Gasteiger partial charge in [0.2, 0.25) is 0 Å². The van der Waals surface area contributed by atoms with Crippen molar-refractivity contribution in [3.8, 4) is 0 Å². The third-order valence-electron chi connectivity index (χ3n) is 3.79. The van der Waals surface area contributed by atoms with Crippen molar-refractivity contribution in [1.29, 1.82) is 0 Å². The standard InChI is InChI=1S/C16H29N5O/c1-12(2)17-15(22)14-10-21(19-18-14)13-6-8-20(9-7-13)11-16(3,4)5/h10,12-13H,6-9,11H2,1-5H3,(H,17,22). The van der Waals surface area contributed by atoms with Crippen LogP contribution < -0.4 is 5.32 Å². The Morgan fingerprint density at radius 2 is 2.00 bits per heavy atom. The van der Waals surface area contributed by atoms with Crippen molar-refractivity contribution < 1.29 is 4.79 Å². The van der Waals surface area contributed by atoms with Crippen LogP contribution in [0.25, 0.3) is 0 Å². The Balaban J connectivity index is 1.89. The molecule has 0 spiro atoms. The smallest absolute Gasteiger partial charge is 0.273 e. The fourth-order valence-electron chi connectivity index (χ4n) is 2.91. The summed E-state index contributed by atoms with van der Waals surface area (Å²) in [6.07, 6.45) is 3.90. The van der Waals surface area contributed by atoms with E-state index in [1.54, 1.807) is 6.20 Å². The second-order valence-electron chi connectivity index (χ2n) is 7.78. The van der Waals surface area contributed by atoms with Crippen LogP contribution in [0.1, 0.15) is 64.0 Å². The molecule has 1 fully saturated rings. The lowest BCUT2D eigenvalue weighted by molar-refractivity contribution is 0.0938. The lowest BCUT2D eigenvalue weighted by Crippen LogP contribution is -2.39. The van der Waals surface area contributed by atoms with Gasteiger partial charge in [0.25, 0.3) is 5.91 Å². The van der Waals surface area contributed by atoms with E-state index in [2.05, 4.69) is 41.3 Å². The number of likely N-dealkylation sites (tertiary alicyclic amines) is 1. The Labute approximate surface area is 133 Å². The maximum absolute atomic E-state index is 11.9. The number of aromatic nitrogens is 3. The molecule has 0 atom stereocenters. The number of carbonyl (C=O) groups is 1. The van der Waals surface area contributed by atoms with E-state index >= 15 is 0 Å². The topological polar surface area (TPSA) is 63.1 Å². The van der Waals surface area contributed by atoms with E-state index in [-0.39, 0.29) is 11.9 Å². The number of hydrogen-bond donors (Lipinski definition) is 1. The second kappa shape index (κ2) is 6.77. The molecule has 22 heavy (non-hydrogen) atoms. The minimum atomic E-state index is -0.147. The van der Waals surface area contributed by atoms with Crippen LogP contribution in [-0.4, -0.2) is 51.5 Å². The number of hydrogen-bond acceptors (Lipinski definition) is 4. The number of carbonyl (C=O) groups excluding carboxylic acids is 1. The van der Waals surface area contributed by atoms with Gasteiger partial charge in [0.1, 0.15) is 0 Å². The van der Waals surface area contributed by atoms with E-state index in [4.69, 9.17) is 0 Å². The van der Waals surface area contributed by atoms with Gasteiger partial charge in [-0.3, -0.25) is 4.79 Å². The van der Waals surface area contributed by atoms with Crippen molar-refractivity contribution in [3.63, 3.8) is 0 Å². The van der Waals surface area contributed by atoms with Gasteiger partial charge in [-0.15, -0.1) is 5.10 Å². The van der Waals surface area contributed by atoms with E-state index < -0.39 is 0 Å². The summed E-state index contributed by atoms with van der Waals surface area (Å²) >= 11 is 0. The van der Waals surface area contributed by atoms with Crippen LogP contribution in [0.2, 0.25) is 0 Å². The molecular formula is C16H29N5O. The lowest BCUT2D eigenvalue weighted by Gasteiger charge is -2.35. The fraction of sp³-hybridized carbons (Fsp3) is 0.812. The van der Waals surface area contributed by atoms with Gasteiger partial charge in [-0.05, 0) is 32.1 Å². The summed E-state index contributed by atoms with van der Waals surface area (Å²) in [6.45, 7) is 14.0. The van der Waals surface area contributed by atoms with Gasteiger partial charge in [-0.25, -0.2) is 4.68 Å². The molecule has 6 heteroatoms. The van der Waals surface area contributed by atoms with Gasteiger partial charge in [0.15, 0.2) is 5.69 Å². The number of rotatable bonds is 4. The van der Waals surface area contributed by atoms with Gasteiger partial charge < -0.3 is 10.2 Å². The van der Waals surface area contributed by atoms with E-state index in [9.17, 15) is 4.79 Å². The molecule has 6 nitrogen and oxygen atoms in total. The van der Waals surface area contributed by atoms with Crippen molar-refractivity contribution in [2.24, 2.45) is 5.41 Å². The third-order valence-corrected chi connectivity index (χ3v) is 3.79. The predicted molar refractivity (Wildman–Crippen MR) is 86.8 cm³/mol. The first kappa shape index (κ1) is 16.9. The van der Waals surface area contributed by atoms with Gasteiger partial charge >= 0.3 is 0 Å². The maximum atomic E-state index is 11.9. The highest BCUT2D eigenvalue weighted by Crippen LogP contribution is 2.24. The second-order valence-corrected chi connectivity index (χ2v) is 7.78. The Hall–Kier alpha value is -1.43. The largest absolute Gasteiger partial charge is 0.348 e. The molecule has 1 aliphatic rings. The molecule has 1 aromatic rings. The van der Waals surface area contributed by atoms with Crippen molar-refractivity contribution in [1.82, 2.24) is 25.2 Å². The van der Waals surface area contributed by atoms with Crippen LogP contribution in [0.5, 0.6) is 0 Å². The summed E-state index contributed by atoms with van der Waals surface area (Å²) in [7, 11) is 0. The van der Waals surface area contributed by atoms with Crippen LogP contribution in [-0.2, 0) is 0 Å². The maximum Gasteiger partial charge on any atom is 0.273 e. The number of amides is 1. The van der Waals surface area contributed by atoms with Crippen molar-refractivity contribution in [2.75, 3.05) is 19.6 Å². The highest BCUT2D eigenvalue weighted by molar-refractivity contribution is 5.91. The molecule has 1 aromatic heterocycles. The minimum absolute atomic E-state index is 0.110. The van der Waals surface area contributed by atoms with Crippen LogP contribution in [0, 0.1) is 5.41 Å². The Kier molecular flexibility index (Phi) is 5.21. The molecule has 1 aliphatic heterocycles. The minimum Gasteiger partial charge on any atom is -0.348 e. The summed E-state index contributed by atoms with van der Waals surface area (Å²) in [5.74, 6) is -0.147. The Morgan fingerprint density at radius 1 is 1.36 bits per heavy atom. The Bertz CT molecular complexity index is 495. The summed E-state index contributed by atoms with van der Waals surface area (Å²) in [4.78, 5) is 14.4. The van der Waals surface area contributed by atoms with E-state index in [1.807, 2.05) is 18.5 Å². The Morgan fingerprint density at radius 3 is 2.55 bits per heavy atom. The molecule has 0 aliphatic carbocycles. The molecule has 0 radical (unpaired) electrons. The van der Waals surface area contributed by atoms with Gasteiger partial charge in [-0.2, -0.15) is 0 Å². The van der Waals surface area contributed by atoms with E-state index in [1.165, 1.54) is 0 Å². The zero-order chi connectivity index (χ0) is 16.3. The summed E-state index contributed by atoms with van der Waals surface area (Å²) in [6, 6.07) is 0.461. The molecule has 2 heterocycles. The molecule has 0 unspecified atom stereocenters. The highest BCUT2D eigenvalue weighted by atomic mass is 16.2. The molecule has 0 bridgehead atoms. The summed E-state index contributed by atoms with van der Waals surface area (Å²) in [5, 5.41) is 11.0. The van der Waals surface area contributed by atoms with E-state index in [0.717, 1.165) is 32.5 Å². The van der Waals surface area contributed by atoms with Gasteiger partial charge in [0.05, 0.1) is 12.2 Å². The molecule has 2 rings (SSSR count). The molecular weight excluding hydrogens is 278 g/mol. The quantitative estimate of drug-likeness (QED) is 0.925. The normalized spacial score (nSPS) is 17.9. The molecule has 0 saturated carbocycles. The van der Waals surface area contributed by atoms with Crippen LogP contribution in [0.15, 0.2) is 6.20 Å². The van der Waals surface area contributed by atoms with E-state index in [0.29, 0.717) is 17.2 Å². The van der Waals surface area contributed by atoms with Crippen LogP contribution in [0.4, 0.5) is 0 Å². The SMILES string of the molecule is CC(C)NC(=O)c1cn(C2CCN(CC(C)(C)C)CC2)nn1. The first-order chi connectivity index (χ1) is 10.2. The fourth-order valence-corrected chi connectivity index (χ4v) is 2.91. The first-order valence-corrected chi connectivity index (χ1v) is 8.19. The molecule has 0 aromatic carbocycles. The molecule has 1 N–H and O–H groups in total. The molecule has 1 saturated heterocycles. The lowest BCUT2D eigenvalue weighted by atomic mass is 9.94. The van der Waals surface area contributed by atoms with Gasteiger partial charge in [-0.1, -0.05) is 26.0 Å². The first-order valence-electron chi connectivity index (χ1n) is 8.19.